The van der Waals surface area contributed by atoms with Gasteiger partial charge in [-0.1, -0.05) is 13.8 Å². The molecule has 0 bridgehead atoms. The number of aromatic nitrogens is 2. The molecule has 0 atom stereocenters. The molecule has 1 aromatic rings. The second kappa shape index (κ2) is 9.02. The second-order valence-electron chi connectivity index (χ2n) is 7.41. The van der Waals surface area contributed by atoms with Gasteiger partial charge < -0.3 is 10.2 Å². The molecule has 1 aliphatic rings. The minimum atomic E-state index is 0.0724. The largest absolute Gasteiger partial charge is 0.356 e. The Kier molecular flexibility index (Phi) is 7.02. The lowest BCUT2D eigenvalue weighted by atomic mass is 10.1. The molecular weight excluding hydrogens is 316 g/mol. The standard InChI is InChI=1S/C19H32N4O2/c1-14(2)13-23-16(4)17(15(3)21-23)8-9-18(24)20-10-6-12-22-11-5-7-19(22)25/h14H,5-13H2,1-4H3,(H,20,24). The van der Waals surface area contributed by atoms with Gasteiger partial charge in [0.15, 0.2) is 0 Å². The molecule has 140 valence electrons. The smallest absolute Gasteiger partial charge is 0.222 e. The Morgan fingerprint density at radius 3 is 2.72 bits per heavy atom. The molecule has 0 aliphatic carbocycles. The lowest BCUT2D eigenvalue weighted by Crippen LogP contribution is -2.30. The van der Waals surface area contributed by atoms with E-state index in [1.807, 2.05) is 11.8 Å². The van der Waals surface area contributed by atoms with E-state index < -0.39 is 0 Å². The number of nitrogens with zero attached hydrogens (tertiary/aromatic N) is 3. The van der Waals surface area contributed by atoms with Crippen LogP contribution in [-0.4, -0.2) is 46.1 Å². The number of aryl methyl sites for hydroxylation is 1. The highest BCUT2D eigenvalue weighted by Crippen LogP contribution is 2.16. The molecule has 1 aliphatic heterocycles. The highest BCUT2D eigenvalue weighted by atomic mass is 16.2. The van der Waals surface area contributed by atoms with Crippen molar-refractivity contribution in [1.29, 1.82) is 0 Å². The third-order valence-electron chi connectivity index (χ3n) is 4.77. The zero-order chi connectivity index (χ0) is 18.4. The summed E-state index contributed by atoms with van der Waals surface area (Å²) < 4.78 is 2.06. The van der Waals surface area contributed by atoms with E-state index in [1.54, 1.807) is 0 Å². The monoisotopic (exact) mass is 348 g/mol. The topological polar surface area (TPSA) is 67.2 Å². The highest BCUT2D eigenvalue weighted by molar-refractivity contribution is 5.78. The van der Waals surface area contributed by atoms with Crippen LogP contribution in [0.25, 0.3) is 0 Å². The number of amides is 2. The Balaban J connectivity index is 1.71. The van der Waals surface area contributed by atoms with Crippen LogP contribution >= 0.6 is 0 Å². The van der Waals surface area contributed by atoms with Gasteiger partial charge in [-0.25, -0.2) is 0 Å². The van der Waals surface area contributed by atoms with Crippen LogP contribution in [0.15, 0.2) is 0 Å². The maximum atomic E-state index is 12.1. The van der Waals surface area contributed by atoms with Crippen molar-refractivity contribution in [3.8, 4) is 0 Å². The van der Waals surface area contributed by atoms with E-state index in [0.717, 1.165) is 44.6 Å². The molecule has 0 aromatic carbocycles. The van der Waals surface area contributed by atoms with Crippen molar-refractivity contribution >= 4 is 11.8 Å². The number of carbonyl (C=O) groups is 2. The molecule has 2 heterocycles. The van der Waals surface area contributed by atoms with Crippen LogP contribution < -0.4 is 5.32 Å². The number of hydrogen-bond donors (Lipinski definition) is 1. The molecule has 0 unspecified atom stereocenters. The molecule has 0 radical (unpaired) electrons. The number of rotatable bonds is 9. The van der Waals surface area contributed by atoms with Gasteiger partial charge >= 0.3 is 0 Å². The third kappa shape index (κ3) is 5.58. The van der Waals surface area contributed by atoms with Crippen molar-refractivity contribution in [2.24, 2.45) is 5.92 Å². The van der Waals surface area contributed by atoms with Gasteiger partial charge in [-0.05, 0) is 44.6 Å². The Morgan fingerprint density at radius 2 is 2.08 bits per heavy atom. The first-order chi connectivity index (χ1) is 11.9. The molecule has 1 aromatic heterocycles. The summed E-state index contributed by atoms with van der Waals surface area (Å²) in [5.74, 6) is 0.871. The summed E-state index contributed by atoms with van der Waals surface area (Å²) >= 11 is 0. The molecule has 1 N–H and O–H groups in total. The van der Waals surface area contributed by atoms with Gasteiger partial charge in [0.05, 0.1) is 5.69 Å². The van der Waals surface area contributed by atoms with Crippen LogP contribution in [-0.2, 0) is 22.6 Å². The number of carbonyl (C=O) groups excluding carboxylic acids is 2. The van der Waals surface area contributed by atoms with Crippen LogP contribution in [0, 0.1) is 19.8 Å². The fourth-order valence-corrected chi connectivity index (χ4v) is 3.38. The van der Waals surface area contributed by atoms with E-state index in [4.69, 9.17) is 0 Å². The van der Waals surface area contributed by atoms with Crippen LogP contribution in [0.5, 0.6) is 0 Å². The summed E-state index contributed by atoms with van der Waals surface area (Å²) in [6, 6.07) is 0. The van der Waals surface area contributed by atoms with E-state index in [9.17, 15) is 9.59 Å². The summed E-state index contributed by atoms with van der Waals surface area (Å²) in [5, 5.41) is 7.57. The van der Waals surface area contributed by atoms with Gasteiger partial charge in [0.25, 0.3) is 0 Å². The lowest BCUT2D eigenvalue weighted by molar-refractivity contribution is -0.127. The minimum Gasteiger partial charge on any atom is -0.356 e. The van der Waals surface area contributed by atoms with Gasteiger partial charge in [0.2, 0.25) is 11.8 Å². The van der Waals surface area contributed by atoms with Crippen molar-refractivity contribution in [2.45, 2.75) is 66.3 Å². The average Bonchev–Trinajstić information content (AvgIpc) is 3.06. The van der Waals surface area contributed by atoms with Crippen LogP contribution in [0.2, 0.25) is 0 Å². The van der Waals surface area contributed by atoms with E-state index in [0.29, 0.717) is 25.3 Å². The zero-order valence-electron chi connectivity index (χ0n) is 16.1. The van der Waals surface area contributed by atoms with Crippen LogP contribution in [0.3, 0.4) is 0 Å². The van der Waals surface area contributed by atoms with Gasteiger partial charge in [0, 0.05) is 44.7 Å². The maximum Gasteiger partial charge on any atom is 0.222 e. The average molecular weight is 348 g/mol. The number of likely N-dealkylation sites (tertiary alicyclic amines) is 1. The molecule has 0 spiro atoms. The molecule has 6 heteroatoms. The quantitative estimate of drug-likeness (QED) is 0.696. The van der Waals surface area contributed by atoms with Gasteiger partial charge in [-0.15, -0.1) is 0 Å². The van der Waals surface area contributed by atoms with Crippen LogP contribution in [0.4, 0.5) is 0 Å². The Labute approximate surface area is 151 Å². The van der Waals surface area contributed by atoms with Crippen molar-refractivity contribution in [2.75, 3.05) is 19.6 Å². The van der Waals surface area contributed by atoms with E-state index >= 15 is 0 Å². The fraction of sp³-hybridized carbons (Fsp3) is 0.737. The Bertz CT molecular complexity index is 607. The van der Waals surface area contributed by atoms with Crippen molar-refractivity contribution in [3.05, 3.63) is 17.0 Å². The summed E-state index contributed by atoms with van der Waals surface area (Å²) in [5.41, 5.74) is 3.39. The summed E-state index contributed by atoms with van der Waals surface area (Å²) in [4.78, 5) is 25.5. The predicted molar refractivity (Wildman–Crippen MR) is 98.3 cm³/mol. The summed E-state index contributed by atoms with van der Waals surface area (Å²) in [6.45, 7) is 11.6. The van der Waals surface area contributed by atoms with Gasteiger partial charge in [0.1, 0.15) is 0 Å². The second-order valence-corrected chi connectivity index (χ2v) is 7.41. The maximum absolute atomic E-state index is 12.1. The number of hydrogen-bond acceptors (Lipinski definition) is 3. The first-order valence-electron chi connectivity index (χ1n) is 9.45. The fourth-order valence-electron chi connectivity index (χ4n) is 3.38. The zero-order valence-corrected chi connectivity index (χ0v) is 16.1. The molecular formula is C19H32N4O2. The van der Waals surface area contributed by atoms with Crippen molar-refractivity contribution < 1.29 is 9.59 Å². The van der Waals surface area contributed by atoms with Crippen molar-refractivity contribution in [3.63, 3.8) is 0 Å². The van der Waals surface area contributed by atoms with Crippen molar-refractivity contribution in [1.82, 2.24) is 20.0 Å². The highest BCUT2D eigenvalue weighted by Gasteiger charge is 2.19. The minimum absolute atomic E-state index is 0.0724. The SMILES string of the molecule is Cc1nn(CC(C)C)c(C)c1CCC(=O)NCCCN1CCCC1=O. The lowest BCUT2D eigenvalue weighted by Gasteiger charge is -2.15. The molecule has 2 amide bonds. The molecule has 1 fully saturated rings. The van der Waals surface area contributed by atoms with Gasteiger partial charge in [-0.3, -0.25) is 14.3 Å². The van der Waals surface area contributed by atoms with Crippen LogP contribution in [0.1, 0.15) is 56.5 Å². The van der Waals surface area contributed by atoms with E-state index in [1.165, 1.54) is 11.3 Å². The first-order valence-corrected chi connectivity index (χ1v) is 9.45. The summed E-state index contributed by atoms with van der Waals surface area (Å²) in [6.07, 6.45) is 3.68. The molecule has 6 nitrogen and oxygen atoms in total. The summed E-state index contributed by atoms with van der Waals surface area (Å²) in [7, 11) is 0. The molecule has 25 heavy (non-hydrogen) atoms. The first kappa shape index (κ1) is 19.5. The van der Waals surface area contributed by atoms with Gasteiger partial charge in [-0.2, -0.15) is 5.10 Å². The Morgan fingerprint density at radius 1 is 1.32 bits per heavy atom. The van der Waals surface area contributed by atoms with E-state index in [-0.39, 0.29) is 11.8 Å². The van der Waals surface area contributed by atoms with E-state index in [2.05, 4.69) is 35.9 Å². The third-order valence-corrected chi connectivity index (χ3v) is 4.77. The Hall–Kier alpha value is -1.85. The molecule has 0 saturated carbocycles. The molecule has 1 saturated heterocycles. The number of nitrogens with one attached hydrogen (secondary N) is 1. The predicted octanol–water partition coefficient (Wildman–Crippen LogP) is 2.22. The molecule has 2 rings (SSSR count). The normalized spacial score (nSPS) is 14.6.